The molecule has 28 heavy (non-hydrogen) atoms. The van der Waals surface area contributed by atoms with Crippen molar-refractivity contribution in [1.82, 2.24) is 0 Å². The van der Waals surface area contributed by atoms with E-state index in [1.54, 1.807) is 21.6 Å². The number of hydrogen-bond donors (Lipinski definition) is 0. The van der Waals surface area contributed by atoms with Crippen molar-refractivity contribution in [3.8, 4) is 0 Å². The molecule has 0 amide bonds. The van der Waals surface area contributed by atoms with Crippen LogP contribution in [0.25, 0.3) is 0 Å². The zero-order chi connectivity index (χ0) is 19.2. The first-order valence-corrected chi connectivity index (χ1v) is 11.8. The van der Waals surface area contributed by atoms with Crippen molar-refractivity contribution >= 4 is 33.2 Å². The van der Waals surface area contributed by atoms with E-state index in [2.05, 4.69) is 91.0 Å². The van der Waals surface area contributed by atoms with Gasteiger partial charge in [0.1, 0.15) is 4.75 Å². The third-order valence-electron chi connectivity index (χ3n) is 4.67. The van der Waals surface area contributed by atoms with Crippen LogP contribution >= 0.6 is 33.2 Å². The normalized spacial score (nSPS) is 20.0. The SMILES string of the molecule is Cl[C@@H]1OCCO[C@H]1SSC(c1ccccc1)(c1ccccc1)c1ccccc1. The quantitative estimate of drug-likeness (QED) is 0.260. The van der Waals surface area contributed by atoms with Gasteiger partial charge in [-0.3, -0.25) is 0 Å². The van der Waals surface area contributed by atoms with Crippen LogP contribution in [0.3, 0.4) is 0 Å². The van der Waals surface area contributed by atoms with Gasteiger partial charge in [-0.05, 0) is 16.7 Å². The van der Waals surface area contributed by atoms with Crippen molar-refractivity contribution < 1.29 is 9.47 Å². The van der Waals surface area contributed by atoms with Crippen LogP contribution in [0.15, 0.2) is 91.0 Å². The van der Waals surface area contributed by atoms with Crippen LogP contribution in [0, 0.1) is 0 Å². The Labute approximate surface area is 179 Å². The molecule has 144 valence electrons. The van der Waals surface area contributed by atoms with Crippen LogP contribution in [0.2, 0.25) is 0 Å². The van der Waals surface area contributed by atoms with Crippen LogP contribution in [-0.4, -0.2) is 24.2 Å². The van der Waals surface area contributed by atoms with Crippen molar-refractivity contribution in [2.24, 2.45) is 0 Å². The molecular formula is C23H21ClO2S2. The fourth-order valence-corrected chi connectivity index (χ4v) is 7.14. The maximum Gasteiger partial charge on any atom is 0.167 e. The lowest BCUT2D eigenvalue weighted by Crippen LogP contribution is -2.33. The molecular weight excluding hydrogens is 408 g/mol. The minimum atomic E-state index is -0.453. The summed E-state index contributed by atoms with van der Waals surface area (Å²) in [6, 6.07) is 31.8. The average molecular weight is 429 g/mol. The molecule has 0 unspecified atom stereocenters. The summed E-state index contributed by atoms with van der Waals surface area (Å²) in [6.45, 7) is 1.10. The lowest BCUT2D eigenvalue weighted by atomic mass is 9.84. The molecule has 0 spiro atoms. The summed E-state index contributed by atoms with van der Waals surface area (Å²) in [7, 11) is 3.40. The highest BCUT2D eigenvalue weighted by atomic mass is 35.5. The molecule has 0 N–H and O–H groups in total. The fourth-order valence-electron chi connectivity index (χ4n) is 3.33. The molecule has 4 rings (SSSR count). The van der Waals surface area contributed by atoms with Gasteiger partial charge in [-0.25, -0.2) is 0 Å². The van der Waals surface area contributed by atoms with Gasteiger partial charge in [-0.2, -0.15) is 0 Å². The Kier molecular flexibility index (Phi) is 6.65. The summed E-state index contributed by atoms with van der Waals surface area (Å²) in [5.74, 6) is 0. The highest BCUT2D eigenvalue weighted by molar-refractivity contribution is 8.77. The third-order valence-corrected chi connectivity index (χ3v) is 8.40. The average Bonchev–Trinajstić information content (AvgIpc) is 2.78. The second-order valence-electron chi connectivity index (χ2n) is 6.42. The van der Waals surface area contributed by atoms with Gasteiger partial charge in [0.15, 0.2) is 11.0 Å². The predicted octanol–water partition coefficient (Wildman–Crippen LogP) is 6.30. The molecule has 5 heteroatoms. The van der Waals surface area contributed by atoms with Crippen molar-refractivity contribution in [2.75, 3.05) is 13.2 Å². The Morgan fingerprint density at radius 1 is 0.679 bits per heavy atom. The van der Waals surface area contributed by atoms with E-state index in [4.69, 9.17) is 21.1 Å². The van der Waals surface area contributed by atoms with Crippen molar-refractivity contribution in [2.45, 2.75) is 15.7 Å². The number of hydrogen-bond acceptors (Lipinski definition) is 4. The van der Waals surface area contributed by atoms with E-state index in [0.717, 1.165) is 0 Å². The summed E-state index contributed by atoms with van der Waals surface area (Å²) in [5, 5.41) is 0. The van der Waals surface area contributed by atoms with Gasteiger partial charge in [-0.15, -0.1) is 0 Å². The molecule has 0 saturated carbocycles. The Hall–Kier alpha value is -1.43. The topological polar surface area (TPSA) is 18.5 Å². The molecule has 1 aliphatic rings. The molecule has 0 aliphatic carbocycles. The Morgan fingerprint density at radius 3 is 1.54 bits per heavy atom. The maximum atomic E-state index is 6.37. The molecule has 2 atom stereocenters. The number of alkyl halides is 1. The van der Waals surface area contributed by atoms with Crippen LogP contribution in [0.5, 0.6) is 0 Å². The molecule has 1 aliphatic heterocycles. The lowest BCUT2D eigenvalue weighted by Gasteiger charge is -2.36. The van der Waals surface area contributed by atoms with Gasteiger partial charge in [-0.1, -0.05) is 124 Å². The molecule has 1 fully saturated rings. The minimum Gasteiger partial charge on any atom is -0.360 e. The lowest BCUT2D eigenvalue weighted by molar-refractivity contribution is -0.0689. The van der Waals surface area contributed by atoms with Crippen LogP contribution in [0.4, 0.5) is 0 Å². The molecule has 1 saturated heterocycles. The highest BCUT2D eigenvalue weighted by Gasteiger charge is 2.39. The van der Waals surface area contributed by atoms with Crippen molar-refractivity contribution in [3.63, 3.8) is 0 Å². The maximum absolute atomic E-state index is 6.37. The summed E-state index contributed by atoms with van der Waals surface area (Å²) < 4.78 is 11.1. The van der Waals surface area contributed by atoms with Gasteiger partial charge < -0.3 is 9.47 Å². The number of rotatable bonds is 6. The summed E-state index contributed by atoms with van der Waals surface area (Å²) in [6.07, 6.45) is 0. The van der Waals surface area contributed by atoms with Crippen LogP contribution in [0.1, 0.15) is 16.7 Å². The number of ether oxygens (including phenoxy) is 2. The largest absolute Gasteiger partial charge is 0.360 e. The van der Waals surface area contributed by atoms with E-state index >= 15 is 0 Å². The van der Waals surface area contributed by atoms with E-state index < -0.39 is 10.3 Å². The highest BCUT2D eigenvalue weighted by Crippen LogP contribution is 2.55. The number of halogens is 1. The van der Waals surface area contributed by atoms with E-state index in [1.165, 1.54) is 16.7 Å². The number of benzene rings is 3. The molecule has 0 aromatic heterocycles. The molecule has 2 nitrogen and oxygen atoms in total. The fraction of sp³-hybridized carbons (Fsp3) is 0.217. The first-order chi connectivity index (χ1) is 13.8. The standard InChI is InChI=1S/C23H21ClO2S2/c24-21-22(26-17-16-25-21)27-28-23(18-10-4-1-5-11-18,19-12-6-2-7-13-19)20-14-8-3-9-15-20/h1-15,21-22H,16-17H2/t21-,22+/m1/s1. The van der Waals surface area contributed by atoms with Crippen molar-refractivity contribution in [3.05, 3.63) is 108 Å². The third kappa shape index (κ3) is 4.12. The van der Waals surface area contributed by atoms with Gasteiger partial charge in [0.25, 0.3) is 0 Å². The monoisotopic (exact) mass is 428 g/mol. The predicted molar refractivity (Wildman–Crippen MR) is 120 cm³/mol. The van der Waals surface area contributed by atoms with E-state index in [1.807, 2.05) is 0 Å². The minimum absolute atomic E-state index is 0.226. The second kappa shape index (κ2) is 9.38. The molecule has 3 aromatic carbocycles. The Balaban J connectivity index is 1.81. The van der Waals surface area contributed by atoms with Crippen molar-refractivity contribution in [1.29, 1.82) is 0 Å². The molecule has 0 bridgehead atoms. The summed E-state index contributed by atoms with van der Waals surface area (Å²) in [5.41, 5.74) is 2.97. The van der Waals surface area contributed by atoms with Gasteiger partial charge >= 0.3 is 0 Å². The van der Waals surface area contributed by atoms with Gasteiger partial charge in [0.2, 0.25) is 0 Å². The second-order valence-corrected chi connectivity index (χ2v) is 9.36. The molecule has 1 heterocycles. The van der Waals surface area contributed by atoms with E-state index in [9.17, 15) is 0 Å². The first kappa shape index (κ1) is 19.9. The van der Waals surface area contributed by atoms with Gasteiger partial charge in [0, 0.05) is 0 Å². The summed E-state index contributed by atoms with van der Waals surface area (Å²) >= 11 is 6.37. The Morgan fingerprint density at radius 2 is 1.11 bits per heavy atom. The van der Waals surface area contributed by atoms with Crippen LogP contribution in [-0.2, 0) is 14.2 Å². The zero-order valence-corrected chi connectivity index (χ0v) is 17.6. The van der Waals surface area contributed by atoms with E-state index in [-0.39, 0.29) is 5.44 Å². The molecule has 3 aromatic rings. The van der Waals surface area contributed by atoms with E-state index in [0.29, 0.717) is 13.2 Å². The smallest absolute Gasteiger partial charge is 0.167 e. The first-order valence-electron chi connectivity index (χ1n) is 9.19. The van der Waals surface area contributed by atoms with Crippen LogP contribution < -0.4 is 0 Å². The zero-order valence-electron chi connectivity index (χ0n) is 15.2. The van der Waals surface area contributed by atoms with Gasteiger partial charge in [0.05, 0.1) is 13.2 Å². The molecule has 0 radical (unpaired) electrons. The Bertz CT molecular complexity index is 765. The summed E-state index contributed by atoms with van der Waals surface area (Å²) in [4.78, 5) is 0.